The van der Waals surface area contributed by atoms with E-state index in [1.165, 1.54) is 24.3 Å². The molecule has 0 radical (unpaired) electrons. The standard InChI is InChI=1S/C15H22N2O4S/c1-11-4-3-5-12(2)17(11)15(18)10-21-13-6-8-14(9-7-13)22(16,19)20/h6-9,11-12H,3-5,10H2,1-2H3,(H2,16,19,20)/t11-,12-/m1/s1. The monoisotopic (exact) mass is 326 g/mol. The number of hydrogen-bond donors (Lipinski definition) is 1. The fraction of sp³-hybridized carbons (Fsp3) is 0.533. The number of primary sulfonamides is 1. The number of sulfonamides is 1. The van der Waals surface area contributed by atoms with Crippen LogP contribution >= 0.6 is 0 Å². The molecule has 22 heavy (non-hydrogen) atoms. The number of amides is 1. The third kappa shape index (κ3) is 3.98. The highest BCUT2D eigenvalue weighted by Crippen LogP contribution is 2.23. The smallest absolute Gasteiger partial charge is 0.260 e. The van der Waals surface area contributed by atoms with E-state index in [1.807, 2.05) is 4.90 Å². The van der Waals surface area contributed by atoms with Crippen LogP contribution in [0.1, 0.15) is 33.1 Å². The van der Waals surface area contributed by atoms with Crippen molar-refractivity contribution in [3.8, 4) is 5.75 Å². The third-order valence-electron chi connectivity index (χ3n) is 4.00. The first-order chi connectivity index (χ1) is 10.3. The van der Waals surface area contributed by atoms with Crippen molar-refractivity contribution in [2.75, 3.05) is 6.61 Å². The van der Waals surface area contributed by atoms with Crippen LogP contribution in [0, 0.1) is 0 Å². The molecule has 7 heteroatoms. The maximum atomic E-state index is 12.3. The molecule has 122 valence electrons. The van der Waals surface area contributed by atoms with Gasteiger partial charge in [0.05, 0.1) is 4.90 Å². The summed E-state index contributed by atoms with van der Waals surface area (Å²) in [5, 5.41) is 5.03. The van der Waals surface area contributed by atoms with Crippen molar-refractivity contribution < 1.29 is 17.9 Å². The summed E-state index contributed by atoms with van der Waals surface area (Å²) >= 11 is 0. The molecule has 1 fully saturated rings. The predicted molar refractivity (Wildman–Crippen MR) is 82.9 cm³/mol. The Balaban J connectivity index is 1.96. The van der Waals surface area contributed by atoms with Gasteiger partial charge < -0.3 is 9.64 Å². The topological polar surface area (TPSA) is 89.7 Å². The van der Waals surface area contributed by atoms with E-state index in [0.29, 0.717) is 5.75 Å². The molecule has 0 bridgehead atoms. The number of hydrogen-bond acceptors (Lipinski definition) is 4. The normalized spacial score (nSPS) is 22.4. The van der Waals surface area contributed by atoms with Crippen molar-refractivity contribution in [1.29, 1.82) is 0 Å². The molecular formula is C15H22N2O4S. The van der Waals surface area contributed by atoms with E-state index in [0.717, 1.165) is 19.3 Å². The highest BCUT2D eigenvalue weighted by atomic mass is 32.2. The third-order valence-corrected chi connectivity index (χ3v) is 4.93. The molecule has 0 unspecified atom stereocenters. The van der Waals surface area contributed by atoms with Crippen molar-refractivity contribution in [2.24, 2.45) is 5.14 Å². The van der Waals surface area contributed by atoms with Gasteiger partial charge in [0, 0.05) is 12.1 Å². The van der Waals surface area contributed by atoms with Crippen LogP contribution in [0.5, 0.6) is 5.75 Å². The van der Waals surface area contributed by atoms with E-state index in [-0.39, 0.29) is 29.5 Å². The van der Waals surface area contributed by atoms with Crippen molar-refractivity contribution in [2.45, 2.75) is 50.1 Å². The number of ether oxygens (including phenoxy) is 1. The Hall–Kier alpha value is -1.60. The molecule has 0 saturated carbocycles. The van der Waals surface area contributed by atoms with Gasteiger partial charge in [-0.15, -0.1) is 0 Å². The van der Waals surface area contributed by atoms with Crippen LogP contribution in [0.2, 0.25) is 0 Å². The summed E-state index contributed by atoms with van der Waals surface area (Å²) in [5.74, 6) is 0.397. The fourth-order valence-corrected chi connectivity index (χ4v) is 3.37. The molecule has 1 aromatic carbocycles. The Morgan fingerprint density at radius 1 is 1.23 bits per heavy atom. The van der Waals surface area contributed by atoms with Gasteiger partial charge in [-0.25, -0.2) is 13.6 Å². The van der Waals surface area contributed by atoms with E-state index in [2.05, 4.69) is 13.8 Å². The van der Waals surface area contributed by atoms with Gasteiger partial charge in [-0.2, -0.15) is 0 Å². The summed E-state index contributed by atoms with van der Waals surface area (Å²) in [6.45, 7) is 4.05. The van der Waals surface area contributed by atoms with Crippen LogP contribution in [0.15, 0.2) is 29.2 Å². The van der Waals surface area contributed by atoms with E-state index in [4.69, 9.17) is 9.88 Å². The fourth-order valence-electron chi connectivity index (χ4n) is 2.86. The van der Waals surface area contributed by atoms with Gasteiger partial charge in [-0.3, -0.25) is 4.79 Å². The van der Waals surface area contributed by atoms with E-state index >= 15 is 0 Å². The van der Waals surface area contributed by atoms with E-state index < -0.39 is 10.0 Å². The molecule has 2 rings (SSSR count). The highest BCUT2D eigenvalue weighted by molar-refractivity contribution is 7.89. The van der Waals surface area contributed by atoms with Crippen LogP contribution in [0.3, 0.4) is 0 Å². The minimum Gasteiger partial charge on any atom is -0.484 e. The Bertz CT molecular complexity index is 617. The molecule has 2 N–H and O–H groups in total. The molecule has 6 nitrogen and oxygen atoms in total. The van der Waals surface area contributed by atoms with Crippen LogP contribution in [-0.4, -0.2) is 37.9 Å². The second-order valence-electron chi connectivity index (χ2n) is 5.74. The number of nitrogens with two attached hydrogens (primary N) is 1. The largest absolute Gasteiger partial charge is 0.484 e. The summed E-state index contributed by atoms with van der Waals surface area (Å²) in [7, 11) is -3.71. The predicted octanol–water partition coefficient (Wildman–Crippen LogP) is 1.50. The first kappa shape index (κ1) is 16.8. The average Bonchev–Trinajstić information content (AvgIpc) is 2.44. The summed E-state index contributed by atoms with van der Waals surface area (Å²) in [4.78, 5) is 14.2. The zero-order chi connectivity index (χ0) is 16.3. The second kappa shape index (κ2) is 6.66. The number of piperidine rings is 1. The van der Waals surface area contributed by atoms with Gasteiger partial charge in [-0.05, 0) is 57.4 Å². The molecule has 1 heterocycles. The SMILES string of the molecule is C[C@@H]1CCC[C@@H](C)N1C(=O)COc1ccc(S(N)(=O)=O)cc1. The van der Waals surface area contributed by atoms with E-state index in [9.17, 15) is 13.2 Å². The lowest BCUT2D eigenvalue weighted by molar-refractivity contribution is -0.139. The summed E-state index contributed by atoms with van der Waals surface area (Å²) in [6.07, 6.45) is 3.17. The molecule has 0 aliphatic carbocycles. The quantitative estimate of drug-likeness (QED) is 0.908. The number of carbonyl (C=O) groups is 1. The lowest BCUT2D eigenvalue weighted by Crippen LogP contribution is -2.49. The highest BCUT2D eigenvalue weighted by Gasteiger charge is 2.28. The minimum atomic E-state index is -3.71. The number of likely N-dealkylation sites (tertiary alicyclic amines) is 1. The zero-order valence-electron chi connectivity index (χ0n) is 12.9. The van der Waals surface area contributed by atoms with Crippen LogP contribution < -0.4 is 9.88 Å². The molecule has 1 aliphatic heterocycles. The minimum absolute atomic E-state index is 0.0180. The molecule has 1 amide bonds. The van der Waals surface area contributed by atoms with Crippen LogP contribution in [-0.2, 0) is 14.8 Å². The first-order valence-corrected chi connectivity index (χ1v) is 8.90. The van der Waals surface area contributed by atoms with Gasteiger partial charge in [0.1, 0.15) is 5.75 Å². The number of rotatable bonds is 4. The lowest BCUT2D eigenvalue weighted by Gasteiger charge is -2.38. The van der Waals surface area contributed by atoms with Crippen molar-refractivity contribution in [1.82, 2.24) is 4.90 Å². The van der Waals surface area contributed by atoms with Crippen LogP contribution in [0.25, 0.3) is 0 Å². The van der Waals surface area contributed by atoms with Gasteiger partial charge >= 0.3 is 0 Å². The Morgan fingerprint density at radius 2 is 1.77 bits per heavy atom. The first-order valence-electron chi connectivity index (χ1n) is 7.36. The molecule has 2 atom stereocenters. The Morgan fingerprint density at radius 3 is 2.27 bits per heavy atom. The van der Waals surface area contributed by atoms with Gasteiger partial charge in [0.25, 0.3) is 5.91 Å². The molecule has 0 spiro atoms. The van der Waals surface area contributed by atoms with Crippen molar-refractivity contribution >= 4 is 15.9 Å². The van der Waals surface area contributed by atoms with Gasteiger partial charge in [0.2, 0.25) is 10.0 Å². The summed E-state index contributed by atoms with van der Waals surface area (Å²) in [6, 6.07) is 6.17. The Labute approximate surface area is 131 Å². The van der Waals surface area contributed by atoms with Crippen LogP contribution in [0.4, 0.5) is 0 Å². The molecule has 1 aromatic rings. The lowest BCUT2D eigenvalue weighted by atomic mass is 9.97. The summed E-state index contributed by atoms with van der Waals surface area (Å²) in [5.41, 5.74) is 0. The average molecular weight is 326 g/mol. The maximum absolute atomic E-state index is 12.3. The van der Waals surface area contributed by atoms with E-state index in [1.54, 1.807) is 0 Å². The second-order valence-corrected chi connectivity index (χ2v) is 7.30. The van der Waals surface area contributed by atoms with Gasteiger partial charge in [0.15, 0.2) is 6.61 Å². The zero-order valence-corrected chi connectivity index (χ0v) is 13.7. The van der Waals surface area contributed by atoms with Crippen molar-refractivity contribution in [3.05, 3.63) is 24.3 Å². The molecule has 1 saturated heterocycles. The maximum Gasteiger partial charge on any atom is 0.260 e. The number of nitrogens with zero attached hydrogens (tertiary/aromatic N) is 1. The van der Waals surface area contributed by atoms with Crippen molar-refractivity contribution in [3.63, 3.8) is 0 Å². The molecular weight excluding hydrogens is 304 g/mol. The molecule has 0 aromatic heterocycles. The molecule has 1 aliphatic rings. The number of benzene rings is 1. The van der Waals surface area contributed by atoms with Gasteiger partial charge in [-0.1, -0.05) is 0 Å². The Kier molecular flexibility index (Phi) is 5.08. The number of carbonyl (C=O) groups excluding carboxylic acids is 1. The summed E-state index contributed by atoms with van der Waals surface area (Å²) < 4.78 is 27.8.